The number of allylic oxidation sites excluding steroid dienone is 1. The van der Waals surface area contributed by atoms with Gasteiger partial charge in [-0.05, 0) is 33.9 Å². The van der Waals surface area contributed by atoms with Crippen LogP contribution in [0.4, 0.5) is 0 Å². The lowest BCUT2D eigenvalue weighted by molar-refractivity contribution is -0.498. The van der Waals surface area contributed by atoms with E-state index in [9.17, 15) is 4.79 Å². The van der Waals surface area contributed by atoms with Gasteiger partial charge in [0, 0.05) is 13.0 Å². The molecule has 0 aromatic carbocycles. The Balaban J connectivity index is 2.03. The van der Waals surface area contributed by atoms with Gasteiger partial charge in [0.05, 0.1) is 23.1 Å². The zero-order chi connectivity index (χ0) is 15.7. The van der Waals surface area contributed by atoms with Crippen LogP contribution in [0.2, 0.25) is 0 Å². The monoisotopic (exact) mass is 294 g/mol. The quantitative estimate of drug-likeness (QED) is 0.455. The first-order chi connectivity index (χ1) is 9.75. The molecular weight excluding hydrogens is 269 g/mol. The summed E-state index contributed by atoms with van der Waals surface area (Å²) in [5.74, 6) is 0.0704. The average molecular weight is 294 g/mol. The van der Waals surface area contributed by atoms with Crippen LogP contribution in [0.15, 0.2) is 11.7 Å². The van der Waals surface area contributed by atoms with Gasteiger partial charge in [0.15, 0.2) is 12.3 Å². The van der Waals surface area contributed by atoms with Gasteiger partial charge >= 0.3 is 7.12 Å². The maximum Gasteiger partial charge on any atom is 0.502 e. The fourth-order valence-electron chi connectivity index (χ4n) is 2.31. The van der Waals surface area contributed by atoms with Gasteiger partial charge in [-0.15, -0.1) is 0 Å². The minimum atomic E-state index is -0.495. The van der Waals surface area contributed by atoms with Crippen LogP contribution in [0, 0.1) is 0 Å². The second-order valence-corrected chi connectivity index (χ2v) is 6.61. The van der Waals surface area contributed by atoms with Crippen molar-refractivity contribution < 1.29 is 19.1 Å². The molecule has 0 aliphatic carbocycles. The Bertz CT molecular complexity index is 458. The Morgan fingerprint density at radius 1 is 1.38 bits per heavy atom. The van der Waals surface area contributed by atoms with Crippen LogP contribution in [0.5, 0.6) is 0 Å². The molecule has 2 heterocycles. The van der Waals surface area contributed by atoms with Crippen molar-refractivity contribution in [2.75, 3.05) is 6.54 Å². The third kappa shape index (κ3) is 3.47. The molecule has 6 nitrogen and oxygen atoms in total. The summed E-state index contributed by atoms with van der Waals surface area (Å²) >= 11 is 0. The first-order valence-corrected chi connectivity index (χ1v) is 7.38. The van der Waals surface area contributed by atoms with Crippen molar-refractivity contribution in [3.63, 3.8) is 0 Å². The maximum absolute atomic E-state index is 11.4. The Kier molecular flexibility index (Phi) is 4.44. The largest absolute Gasteiger partial charge is 0.502 e. The van der Waals surface area contributed by atoms with Crippen LogP contribution >= 0.6 is 0 Å². The van der Waals surface area contributed by atoms with E-state index in [1.54, 1.807) is 6.21 Å². The topological polar surface area (TPSA) is 87.6 Å². The summed E-state index contributed by atoms with van der Waals surface area (Å²) in [6.07, 6.45) is 4.64. The molecule has 116 valence electrons. The van der Waals surface area contributed by atoms with Gasteiger partial charge in [-0.25, -0.2) is 4.99 Å². The van der Waals surface area contributed by atoms with E-state index < -0.39 is 18.3 Å². The molecule has 0 saturated carbocycles. The van der Waals surface area contributed by atoms with Crippen molar-refractivity contribution in [3.8, 4) is 0 Å². The molecule has 2 aliphatic heterocycles. The molecular formula is C14H25BN3O3+. The van der Waals surface area contributed by atoms with Gasteiger partial charge in [-0.2, -0.15) is 0 Å². The van der Waals surface area contributed by atoms with Gasteiger partial charge in [-0.1, -0.05) is 0 Å². The van der Waals surface area contributed by atoms with Gasteiger partial charge in [0.2, 0.25) is 5.91 Å². The molecule has 4 N–H and O–H groups in total. The van der Waals surface area contributed by atoms with Crippen LogP contribution in [-0.2, 0) is 14.1 Å². The Labute approximate surface area is 126 Å². The van der Waals surface area contributed by atoms with Crippen molar-refractivity contribution in [1.82, 2.24) is 5.32 Å². The molecule has 0 aromatic rings. The molecule has 1 atom stereocenters. The third-order valence-electron chi connectivity index (χ3n) is 4.45. The smallest absolute Gasteiger partial charge is 0.405 e. The molecule has 7 heteroatoms. The van der Waals surface area contributed by atoms with Crippen molar-refractivity contribution in [2.45, 2.75) is 57.8 Å². The van der Waals surface area contributed by atoms with E-state index in [1.807, 2.05) is 27.7 Å². The van der Waals surface area contributed by atoms with Crippen molar-refractivity contribution >= 4 is 19.2 Å². The number of amides is 1. The molecule has 2 rings (SSSR count). The molecule has 2 saturated heterocycles. The van der Waals surface area contributed by atoms with E-state index in [0.29, 0.717) is 13.0 Å². The predicted octanol–water partition coefficient (Wildman–Crippen LogP) is -1.11. The molecule has 1 amide bonds. The van der Waals surface area contributed by atoms with Gasteiger partial charge in [0.1, 0.15) is 0 Å². The summed E-state index contributed by atoms with van der Waals surface area (Å²) < 4.78 is 11.9. The number of piperidine rings is 1. The summed E-state index contributed by atoms with van der Waals surface area (Å²) in [6.45, 7) is 8.70. The Morgan fingerprint density at radius 3 is 2.52 bits per heavy atom. The van der Waals surface area contributed by atoms with Gasteiger partial charge < -0.3 is 20.4 Å². The minimum Gasteiger partial charge on any atom is -0.405 e. The Hall–Kier alpha value is -1.34. The van der Waals surface area contributed by atoms with E-state index in [1.165, 1.54) is 6.20 Å². The number of nitrogens with two attached hydrogens (primary N) is 1. The molecule has 21 heavy (non-hydrogen) atoms. The summed E-state index contributed by atoms with van der Waals surface area (Å²) in [5, 5.41) is 2.81. The van der Waals surface area contributed by atoms with Crippen LogP contribution in [-0.4, -0.2) is 43.0 Å². The number of carbonyl (C=O) groups excluding carboxylic acids is 1. The summed E-state index contributed by atoms with van der Waals surface area (Å²) in [7, 11) is -0.495. The van der Waals surface area contributed by atoms with Gasteiger partial charge in [-0.3, -0.25) is 4.79 Å². The summed E-state index contributed by atoms with van der Waals surface area (Å²) in [5.41, 5.74) is 5.64. The van der Waals surface area contributed by atoms with Crippen molar-refractivity contribution in [1.29, 1.82) is 0 Å². The normalized spacial score (nSPS) is 29.0. The highest BCUT2D eigenvalue weighted by atomic mass is 16.7. The lowest BCUT2D eigenvalue weighted by Crippen LogP contribution is -2.79. The van der Waals surface area contributed by atoms with E-state index in [4.69, 9.17) is 15.0 Å². The van der Waals surface area contributed by atoms with Crippen LogP contribution < -0.4 is 16.0 Å². The highest BCUT2D eigenvalue weighted by Crippen LogP contribution is 2.37. The maximum atomic E-state index is 11.4. The second kappa shape index (κ2) is 5.81. The number of hydrogen-bond donors (Lipinski definition) is 3. The number of carbonyl (C=O) groups is 1. The summed E-state index contributed by atoms with van der Waals surface area (Å²) in [6, 6.07) is 0.121. The second-order valence-electron chi connectivity index (χ2n) is 6.61. The third-order valence-corrected chi connectivity index (χ3v) is 4.45. The molecule has 2 aliphatic rings. The van der Waals surface area contributed by atoms with E-state index in [-0.39, 0.29) is 11.9 Å². The highest BCUT2D eigenvalue weighted by Gasteiger charge is 2.52. The molecule has 0 radical (unpaired) electrons. The first kappa shape index (κ1) is 16.0. The number of rotatable bonds is 3. The predicted molar refractivity (Wildman–Crippen MR) is 81.4 cm³/mol. The lowest BCUT2D eigenvalue weighted by atomic mass is 9.79. The lowest BCUT2D eigenvalue weighted by Gasteiger charge is -2.32. The van der Waals surface area contributed by atoms with E-state index in [2.05, 4.69) is 10.3 Å². The number of hydrogen-bond acceptors (Lipinski definition) is 4. The van der Waals surface area contributed by atoms with E-state index >= 15 is 0 Å². The van der Waals surface area contributed by atoms with Crippen LogP contribution in [0.3, 0.4) is 0 Å². The zero-order valence-corrected chi connectivity index (χ0v) is 13.2. The first-order valence-electron chi connectivity index (χ1n) is 7.38. The zero-order valence-electron chi connectivity index (χ0n) is 13.2. The molecule has 0 aromatic heterocycles. The fourth-order valence-corrected chi connectivity index (χ4v) is 2.31. The van der Waals surface area contributed by atoms with Crippen LogP contribution in [0.1, 0.15) is 40.5 Å². The standard InChI is InChI=1S/C14H24BN3O3/c1-13(2)14(3,4)21-15(20-13)10(8-16)9-18-11-5-6-17-12(19)7-11/h8-9,11H,5-7,16H2,1-4H3,(H,17,19)/p+1/b10-8+,18-9?/t11-/m1/s1. The van der Waals surface area contributed by atoms with Crippen molar-refractivity contribution in [3.05, 3.63) is 11.7 Å². The molecule has 2 fully saturated rings. The van der Waals surface area contributed by atoms with Crippen molar-refractivity contribution in [2.24, 2.45) is 5.73 Å². The Morgan fingerprint density at radius 2 is 2.00 bits per heavy atom. The summed E-state index contributed by atoms with van der Waals surface area (Å²) in [4.78, 5) is 14.6. The number of nitrogens with one attached hydrogen (secondary N) is 2. The van der Waals surface area contributed by atoms with E-state index in [0.717, 1.165) is 11.9 Å². The molecule has 0 spiro atoms. The molecule has 0 bridgehead atoms. The van der Waals surface area contributed by atoms with Crippen LogP contribution in [0.25, 0.3) is 0 Å². The SMILES string of the molecule is CC1(C)OB(/C(C=[NH+][C@@H]2CCNC(=O)C2)=C/N)OC1(C)C. The fraction of sp³-hybridized carbons (Fsp3) is 0.714. The average Bonchev–Trinajstić information content (AvgIpc) is 2.59. The highest BCUT2D eigenvalue weighted by molar-refractivity contribution is 6.60. The van der Waals surface area contributed by atoms with Gasteiger partial charge in [0.25, 0.3) is 0 Å². The minimum absolute atomic E-state index is 0.0704. The molecule has 0 unspecified atom stereocenters.